The Balaban J connectivity index is 1.94. The van der Waals surface area contributed by atoms with Crippen LogP contribution in [0.2, 0.25) is 0 Å². The topological polar surface area (TPSA) is 92.5 Å². The third-order valence-electron chi connectivity index (χ3n) is 2.65. The van der Waals surface area contributed by atoms with Crippen molar-refractivity contribution in [2.24, 2.45) is 0 Å². The van der Waals surface area contributed by atoms with Gasteiger partial charge in [-0.1, -0.05) is 5.16 Å². The van der Waals surface area contributed by atoms with Crippen LogP contribution < -0.4 is 5.32 Å². The molecule has 0 aromatic carbocycles. The van der Waals surface area contributed by atoms with Crippen LogP contribution >= 0.6 is 0 Å². The molecule has 3 heterocycles. The molecule has 0 bridgehead atoms. The number of anilines is 1. The number of hydrogen-bond donors (Lipinski definition) is 2. The smallest absolute Gasteiger partial charge is 0.361 e. The summed E-state index contributed by atoms with van der Waals surface area (Å²) in [6.45, 7) is 1.88. The van der Waals surface area contributed by atoms with Crippen LogP contribution in [0, 0.1) is 6.92 Å². The van der Waals surface area contributed by atoms with Crippen LogP contribution in [0.15, 0.2) is 16.9 Å². The van der Waals surface area contributed by atoms with E-state index in [2.05, 4.69) is 30.4 Å². The van der Waals surface area contributed by atoms with Crippen LogP contribution in [0.4, 0.5) is 19.0 Å². The van der Waals surface area contributed by atoms with Crippen molar-refractivity contribution in [1.29, 1.82) is 0 Å². The fourth-order valence-electron chi connectivity index (χ4n) is 1.76. The number of H-pyrrole nitrogens is 1. The predicted octanol–water partition coefficient (Wildman–Crippen LogP) is 2.28. The first-order chi connectivity index (χ1) is 9.93. The average Bonchev–Trinajstić information content (AvgIpc) is 3.03. The van der Waals surface area contributed by atoms with E-state index in [0.717, 1.165) is 0 Å². The normalized spacial score (nSPS) is 12.0. The van der Waals surface area contributed by atoms with E-state index in [-0.39, 0.29) is 18.0 Å². The van der Waals surface area contributed by atoms with Gasteiger partial charge in [-0.2, -0.15) is 13.2 Å². The molecule has 7 nitrogen and oxygen atoms in total. The molecule has 0 fully saturated rings. The number of fused-ring (bicyclic) bond motifs is 1. The van der Waals surface area contributed by atoms with Crippen molar-refractivity contribution >= 4 is 17.0 Å². The van der Waals surface area contributed by atoms with Gasteiger partial charge in [0.15, 0.2) is 17.2 Å². The molecule has 0 spiro atoms. The molecule has 0 aliphatic carbocycles. The number of imidazole rings is 1. The summed E-state index contributed by atoms with van der Waals surface area (Å²) in [6, 6.07) is 1.67. The Kier molecular flexibility index (Phi) is 3.00. The molecular weight excluding hydrogens is 289 g/mol. The van der Waals surface area contributed by atoms with E-state index in [0.29, 0.717) is 17.0 Å². The lowest BCUT2D eigenvalue weighted by Crippen LogP contribution is -2.13. The fourth-order valence-corrected chi connectivity index (χ4v) is 1.76. The van der Waals surface area contributed by atoms with Crippen molar-refractivity contribution < 1.29 is 17.7 Å². The number of rotatable bonds is 3. The number of aromatic amines is 1. The SMILES string of the molecule is Cc1cc(CNc2nc(C(F)(F)F)nc3nc[nH]c23)on1. The number of aromatic nitrogens is 5. The quantitative estimate of drug-likeness (QED) is 0.770. The van der Waals surface area contributed by atoms with Crippen molar-refractivity contribution in [3.05, 3.63) is 29.7 Å². The standard InChI is InChI=1S/C11H9F3N6O/c1-5-2-6(21-20-5)3-15-8-7-9(17-4-16-7)19-10(18-8)11(12,13)14/h2,4H,3H2,1H3,(H2,15,16,17,18,19). The highest BCUT2D eigenvalue weighted by Gasteiger charge is 2.36. The summed E-state index contributed by atoms with van der Waals surface area (Å²) in [6.07, 6.45) is -3.39. The third-order valence-corrected chi connectivity index (χ3v) is 2.65. The number of alkyl halides is 3. The van der Waals surface area contributed by atoms with E-state index in [1.807, 2.05) is 0 Å². The Hall–Kier alpha value is -2.65. The Morgan fingerprint density at radius 2 is 2.14 bits per heavy atom. The van der Waals surface area contributed by atoms with Crippen molar-refractivity contribution in [2.75, 3.05) is 5.32 Å². The first-order valence-electron chi connectivity index (χ1n) is 5.88. The van der Waals surface area contributed by atoms with E-state index in [4.69, 9.17) is 4.52 Å². The van der Waals surface area contributed by atoms with Gasteiger partial charge in [-0.15, -0.1) is 0 Å². The van der Waals surface area contributed by atoms with Gasteiger partial charge in [0.2, 0.25) is 5.82 Å². The number of nitrogens with one attached hydrogen (secondary N) is 2. The molecule has 21 heavy (non-hydrogen) atoms. The van der Waals surface area contributed by atoms with E-state index < -0.39 is 12.0 Å². The Morgan fingerprint density at radius 1 is 1.33 bits per heavy atom. The minimum absolute atomic E-state index is 0.00104. The van der Waals surface area contributed by atoms with E-state index in [9.17, 15) is 13.2 Å². The second kappa shape index (κ2) is 4.72. The van der Waals surface area contributed by atoms with Gasteiger partial charge >= 0.3 is 6.18 Å². The van der Waals surface area contributed by atoms with Crippen LogP contribution in [-0.2, 0) is 12.7 Å². The molecule has 0 atom stereocenters. The maximum atomic E-state index is 12.7. The highest BCUT2D eigenvalue weighted by Crippen LogP contribution is 2.29. The van der Waals surface area contributed by atoms with Crippen LogP contribution in [0.25, 0.3) is 11.2 Å². The van der Waals surface area contributed by atoms with Crippen molar-refractivity contribution in [2.45, 2.75) is 19.6 Å². The van der Waals surface area contributed by atoms with Gasteiger partial charge in [-0.05, 0) is 6.92 Å². The van der Waals surface area contributed by atoms with Crippen molar-refractivity contribution in [1.82, 2.24) is 25.1 Å². The third kappa shape index (κ3) is 2.64. The van der Waals surface area contributed by atoms with Gasteiger partial charge in [-0.3, -0.25) is 0 Å². The molecule has 3 aromatic rings. The Morgan fingerprint density at radius 3 is 2.81 bits per heavy atom. The molecule has 10 heteroatoms. The molecule has 0 saturated heterocycles. The number of halogens is 3. The van der Waals surface area contributed by atoms with Crippen LogP contribution in [0.5, 0.6) is 0 Å². The predicted molar refractivity (Wildman–Crippen MR) is 65.3 cm³/mol. The summed E-state index contributed by atoms with van der Waals surface area (Å²) >= 11 is 0. The summed E-state index contributed by atoms with van der Waals surface area (Å²) in [4.78, 5) is 13.3. The van der Waals surface area contributed by atoms with Gasteiger partial charge in [0.25, 0.3) is 0 Å². The molecule has 0 aliphatic rings. The molecule has 3 aromatic heterocycles. The number of hydrogen-bond acceptors (Lipinski definition) is 6. The Labute approximate surface area is 115 Å². The summed E-state index contributed by atoms with van der Waals surface area (Å²) in [5.74, 6) is -0.774. The maximum absolute atomic E-state index is 12.7. The second-order valence-corrected chi connectivity index (χ2v) is 4.28. The number of nitrogens with zero attached hydrogens (tertiary/aromatic N) is 4. The molecule has 0 aliphatic heterocycles. The van der Waals surface area contributed by atoms with Crippen LogP contribution in [0.3, 0.4) is 0 Å². The summed E-state index contributed by atoms with van der Waals surface area (Å²) in [5.41, 5.74) is 0.907. The highest BCUT2D eigenvalue weighted by molar-refractivity contribution is 5.82. The molecule has 0 unspecified atom stereocenters. The van der Waals surface area contributed by atoms with Crippen LogP contribution in [0.1, 0.15) is 17.3 Å². The molecule has 2 N–H and O–H groups in total. The molecule has 0 radical (unpaired) electrons. The minimum Gasteiger partial charge on any atom is -0.361 e. The zero-order valence-electron chi connectivity index (χ0n) is 10.7. The maximum Gasteiger partial charge on any atom is 0.451 e. The monoisotopic (exact) mass is 298 g/mol. The van der Waals surface area contributed by atoms with E-state index in [1.54, 1.807) is 13.0 Å². The second-order valence-electron chi connectivity index (χ2n) is 4.28. The van der Waals surface area contributed by atoms with Gasteiger partial charge < -0.3 is 14.8 Å². The van der Waals surface area contributed by atoms with Gasteiger partial charge in [-0.25, -0.2) is 15.0 Å². The minimum atomic E-state index is -4.65. The molecule has 0 amide bonds. The molecule has 110 valence electrons. The van der Waals surface area contributed by atoms with Crippen LogP contribution in [-0.4, -0.2) is 25.1 Å². The lowest BCUT2D eigenvalue weighted by Gasteiger charge is -2.08. The largest absolute Gasteiger partial charge is 0.451 e. The first kappa shape index (κ1) is 13.3. The van der Waals surface area contributed by atoms with Gasteiger partial charge in [0.05, 0.1) is 18.6 Å². The van der Waals surface area contributed by atoms with E-state index >= 15 is 0 Å². The average molecular weight is 298 g/mol. The molecule has 0 saturated carbocycles. The lowest BCUT2D eigenvalue weighted by atomic mass is 10.3. The van der Waals surface area contributed by atoms with Crippen molar-refractivity contribution in [3.8, 4) is 0 Å². The summed E-state index contributed by atoms with van der Waals surface area (Å²) < 4.78 is 43.2. The van der Waals surface area contributed by atoms with Gasteiger partial charge in [0, 0.05) is 6.07 Å². The van der Waals surface area contributed by atoms with Crippen molar-refractivity contribution in [3.63, 3.8) is 0 Å². The summed E-state index contributed by atoms with van der Waals surface area (Å²) in [5, 5.41) is 6.45. The Bertz CT molecular complexity index is 778. The first-order valence-corrected chi connectivity index (χ1v) is 5.88. The van der Waals surface area contributed by atoms with E-state index in [1.165, 1.54) is 6.33 Å². The zero-order chi connectivity index (χ0) is 15.0. The highest BCUT2D eigenvalue weighted by atomic mass is 19.4. The van der Waals surface area contributed by atoms with Gasteiger partial charge in [0.1, 0.15) is 5.52 Å². The molecule has 3 rings (SSSR count). The number of aryl methyl sites for hydroxylation is 1. The zero-order valence-corrected chi connectivity index (χ0v) is 10.7. The summed E-state index contributed by atoms with van der Waals surface area (Å²) in [7, 11) is 0. The fraction of sp³-hybridized carbons (Fsp3) is 0.273. The molecular formula is C11H9F3N6O. The lowest BCUT2D eigenvalue weighted by molar-refractivity contribution is -0.144.